The molecule has 232 valence electrons. The molecule has 0 bridgehead atoms. The number of thiazole rings is 1. The lowest BCUT2D eigenvalue weighted by Crippen LogP contribution is -2.33. The van der Waals surface area contributed by atoms with Gasteiger partial charge in [0.25, 0.3) is 5.91 Å². The molecule has 2 aliphatic heterocycles. The van der Waals surface area contributed by atoms with Crippen LogP contribution in [0, 0.1) is 5.92 Å². The monoisotopic (exact) mass is 757 g/mol. The second-order valence-electron chi connectivity index (χ2n) is 9.92. The number of para-hydroxylation sites is 1. The SMILES string of the molecule is O=C(COc1ccc(Br)cc1[C@@H]1c2sc(=O)[nH]c2S[C@H]2C(=O)N(c3ccccc3C(F)(F)F)C(=O)[C@@H]12)Nc1ccc(Cl)c(Cl)c1. The van der Waals surface area contributed by atoms with E-state index in [0.717, 1.165) is 35.2 Å². The molecule has 2 N–H and O–H groups in total. The number of thioether (sulfide) groups is 1. The van der Waals surface area contributed by atoms with Crippen molar-refractivity contribution in [3.8, 4) is 5.75 Å². The van der Waals surface area contributed by atoms with Gasteiger partial charge in [0.05, 0.1) is 32.2 Å². The maximum Gasteiger partial charge on any atom is 0.418 e. The number of hydrogen-bond donors (Lipinski definition) is 2. The van der Waals surface area contributed by atoms with E-state index in [1.54, 1.807) is 24.3 Å². The molecule has 0 unspecified atom stereocenters. The van der Waals surface area contributed by atoms with Crippen molar-refractivity contribution >= 4 is 91.3 Å². The topological polar surface area (TPSA) is 109 Å². The lowest BCUT2D eigenvalue weighted by molar-refractivity contribution is -0.137. The minimum Gasteiger partial charge on any atom is -0.483 e. The molecule has 4 aromatic rings. The Kier molecular flexibility index (Phi) is 8.54. The van der Waals surface area contributed by atoms with Crippen LogP contribution in [-0.4, -0.2) is 34.6 Å². The van der Waals surface area contributed by atoms with E-state index >= 15 is 0 Å². The van der Waals surface area contributed by atoms with Crippen LogP contribution in [0.3, 0.4) is 0 Å². The van der Waals surface area contributed by atoms with Crippen LogP contribution in [0.2, 0.25) is 10.0 Å². The van der Waals surface area contributed by atoms with E-state index in [1.807, 2.05) is 0 Å². The number of rotatable bonds is 6. The quantitative estimate of drug-likeness (QED) is 0.200. The van der Waals surface area contributed by atoms with E-state index < -0.39 is 63.7 Å². The zero-order chi connectivity index (χ0) is 32.2. The van der Waals surface area contributed by atoms with Gasteiger partial charge in [0.2, 0.25) is 11.8 Å². The molecule has 1 fully saturated rings. The Labute approximate surface area is 279 Å². The van der Waals surface area contributed by atoms with Gasteiger partial charge in [-0.05, 0) is 48.5 Å². The van der Waals surface area contributed by atoms with Crippen LogP contribution in [-0.2, 0) is 20.6 Å². The number of nitrogens with zero attached hydrogens (tertiary/aromatic N) is 1. The van der Waals surface area contributed by atoms with Gasteiger partial charge in [-0.3, -0.25) is 19.2 Å². The molecular weight excluding hydrogens is 742 g/mol. The third-order valence-corrected chi connectivity index (χ3v) is 10.8. The average molecular weight is 759 g/mol. The number of imide groups is 1. The van der Waals surface area contributed by atoms with E-state index in [2.05, 4.69) is 26.2 Å². The van der Waals surface area contributed by atoms with E-state index in [4.69, 9.17) is 27.9 Å². The highest BCUT2D eigenvalue weighted by molar-refractivity contribution is 9.10. The van der Waals surface area contributed by atoms with Crippen molar-refractivity contribution in [1.29, 1.82) is 0 Å². The summed E-state index contributed by atoms with van der Waals surface area (Å²) in [6, 6.07) is 13.7. The third kappa shape index (κ3) is 6.01. The van der Waals surface area contributed by atoms with Crippen molar-refractivity contribution in [2.24, 2.45) is 5.92 Å². The molecule has 1 aromatic heterocycles. The highest BCUT2D eigenvalue weighted by Gasteiger charge is 2.57. The maximum atomic E-state index is 14.1. The van der Waals surface area contributed by atoms with Crippen LogP contribution in [0.5, 0.6) is 5.75 Å². The Morgan fingerprint density at radius 1 is 1.02 bits per heavy atom. The minimum absolute atomic E-state index is 0.166. The fourth-order valence-electron chi connectivity index (χ4n) is 5.31. The molecule has 1 saturated heterocycles. The fraction of sp³-hybridized carbons (Fsp3) is 0.172. The van der Waals surface area contributed by atoms with Crippen molar-refractivity contribution in [1.82, 2.24) is 4.98 Å². The number of hydrogen-bond acceptors (Lipinski definition) is 7. The number of carbonyl (C=O) groups excluding carboxylic acids is 3. The molecule has 0 radical (unpaired) electrons. The summed E-state index contributed by atoms with van der Waals surface area (Å²) in [4.78, 5) is 56.3. The first-order chi connectivity index (χ1) is 21.3. The number of alkyl halides is 3. The van der Waals surface area contributed by atoms with E-state index in [-0.39, 0.29) is 10.8 Å². The number of anilines is 2. The van der Waals surface area contributed by atoms with Crippen molar-refractivity contribution in [2.45, 2.75) is 22.4 Å². The lowest BCUT2D eigenvalue weighted by atomic mass is 9.82. The Bertz CT molecular complexity index is 1940. The van der Waals surface area contributed by atoms with Gasteiger partial charge in [-0.25, -0.2) is 4.90 Å². The molecule has 16 heteroatoms. The maximum absolute atomic E-state index is 14.1. The Morgan fingerprint density at radius 2 is 1.78 bits per heavy atom. The minimum atomic E-state index is -4.83. The largest absolute Gasteiger partial charge is 0.483 e. The molecule has 6 rings (SSSR count). The summed E-state index contributed by atoms with van der Waals surface area (Å²) in [5.74, 6) is -4.24. The standard InChI is InChI=1S/C29H17BrCl2F3N3O5S2/c30-12-5-8-19(43-11-20(39)36-13-6-7-16(31)17(32)10-13)14(9-12)21-22-24(44-25-23(21)45-28(42)37-25)27(41)38(26(22)40)18-4-2-1-3-15(18)29(33,34)35/h1-10,21-22,24H,11H2,(H,36,39)(H,37,42)/t21-,22-,24+/m0/s1. The fourth-order valence-corrected chi connectivity index (χ4v) is 8.49. The molecular formula is C29H17BrCl2F3N3O5S2. The first-order valence-electron chi connectivity index (χ1n) is 12.9. The predicted octanol–water partition coefficient (Wildman–Crippen LogP) is 7.34. The summed E-state index contributed by atoms with van der Waals surface area (Å²) in [6.45, 7) is -0.474. The summed E-state index contributed by atoms with van der Waals surface area (Å²) in [5, 5.41) is 2.36. The molecule has 8 nitrogen and oxygen atoms in total. The number of fused-ring (bicyclic) bond motifs is 2. The molecule has 2 aliphatic rings. The van der Waals surface area contributed by atoms with Gasteiger partial charge in [-0.15, -0.1) is 0 Å². The Balaban J connectivity index is 1.38. The van der Waals surface area contributed by atoms with Gasteiger partial charge < -0.3 is 15.0 Å². The van der Waals surface area contributed by atoms with E-state index in [9.17, 15) is 32.3 Å². The second-order valence-corrected chi connectivity index (χ2v) is 13.8. The number of amides is 3. The molecule has 3 aromatic carbocycles. The molecule has 3 heterocycles. The van der Waals surface area contributed by atoms with Crippen LogP contribution in [0.15, 0.2) is 75.0 Å². The highest BCUT2D eigenvalue weighted by atomic mass is 79.9. The van der Waals surface area contributed by atoms with Crippen molar-refractivity contribution in [3.63, 3.8) is 0 Å². The second kappa shape index (κ2) is 12.1. The van der Waals surface area contributed by atoms with E-state index in [0.29, 0.717) is 35.5 Å². The van der Waals surface area contributed by atoms with Crippen LogP contribution in [0.1, 0.15) is 21.9 Å². The normalized spacial score (nSPS) is 19.3. The van der Waals surface area contributed by atoms with E-state index in [1.165, 1.54) is 24.3 Å². The van der Waals surface area contributed by atoms with Gasteiger partial charge in [0.1, 0.15) is 11.0 Å². The Morgan fingerprint density at radius 3 is 2.51 bits per heavy atom. The first-order valence-corrected chi connectivity index (χ1v) is 16.2. The van der Waals surface area contributed by atoms with Crippen LogP contribution >= 0.6 is 62.2 Å². The van der Waals surface area contributed by atoms with Gasteiger partial charge >= 0.3 is 11.0 Å². The molecule has 45 heavy (non-hydrogen) atoms. The van der Waals surface area contributed by atoms with Crippen LogP contribution < -0.4 is 19.8 Å². The molecule has 3 amide bonds. The smallest absolute Gasteiger partial charge is 0.418 e. The molecule has 0 aliphatic carbocycles. The lowest BCUT2D eigenvalue weighted by Gasteiger charge is -2.31. The number of halogens is 6. The predicted molar refractivity (Wildman–Crippen MR) is 169 cm³/mol. The van der Waals surface area contributed by atoms with Crippen molar-refractivity contribution in [3.05, 3.63) is 101 Å². The zero-order valence-electron chi connectivity index (χ0n) is 22.3. The number of benzene rings is 3. The average Bonchev–Trinajstić information content (AvgIpc) is 3.47. The Hall–Kier alpha value is -3.30. The zero-order valence-corrected chi connectivity index (χ0v) is 27.0. The first kappa shape index (κ1) is 31.7. The summed E-state index contributed by atoms with van der Waals surface area (Å²) in [7, 11) is 0. The number of aromatic amines is 1. The van der Waals surface area contributed by atoms with Gasteiger partial charge in [0, 0.05) is 26.5 Å². The number of aromatic nitrogens is 1. The van der Waals surface area contributed by atoms with Gasteiger partial charge in [-0.1, -0.05) is 74.4 Å². The number of nitrogens with one attached hydrogen (secondary N) is 2. The van der Waals surface area contributed by atoms with Crippen molar-refractivity contribution < 1.29 is 32.3 Å². The van der Waals surface area contributed by atoms with Gasteiger partial charge in [0.15, 0.2) is 6.61 Å². The van der Waals surface area contributed by atoms with Crippen LogP contribution in [0.4, 0.5) is 24.5 Å². The summed E-state index contributed by atoms with van der Waals surface area (Å²) in [6.07, 6.45) is -4.83. The number of ether oxygens (including phenoxy) is 1. The highest BCUT2D eigenvalue weighted by Crippen LogP contribution is 2.55. The van der Waals surface area contributed by atoms with Gasteiger partial charge in [-0.2, -0.15) is 13.2 Å². The van der Waals surface area contributed by atoms with Crippen molar-refractivity contribution in [2.75, 3.05) is 16.8 Å². The molecule has 3 atom stereocenters. The molecule has 0 spiro atoms. The third-order valence-electron chi connectivity index (χ3n) is 7.14. The molecule has 0 saturated carbocycles. The number of carbonyl (C=O) groups is 3. The summed E-state index contributed by atoms with van der Waals surface area (Å²) >= 11 is 17.1. The number of H-pyrrole nitrogens is 1. The summed E-state index contributed by atoms with van der Waals surface area (Å²) < 4.78 is 48.3. The summed E-state index contributed by atoms with van der Waals surface area (Å²) in [5.41, 5.74) is -0.979. The van der Waals surface area contributed by atoms with Crippen LogP contribution in [0.25, 0.3) is 0 Å².